The van der Waals surface area contributed by atoms with Gasteiger partial charge in [-0.25, -0.2) is 4.79 Å². The molecular formula is C20H22Cl2N2O3. The minimum absolute atomic E-state index is 0.249. The van der Waals surface area contributed by atoms with Crippen LogP contribution in [0.4, 0.5) is 10.5 Å². The number of nitrogens with zero attached hydrogens (tertiary/aromatic N) is 1. The molecule has 27 heavy (non-hydrogen) atoms. The minimum Gasteiger partial charge on any atom is -0.445 e. The molecule has 1 fully saturated rings. The molecule has 0 bridgehead atoms. The van der Waals surface area contributed by atoms with Crippen molar-refractivity contribution in [2.75, 3.05) is 25.0 Å². The highest BCUT2D eigenvalue weighted by atomic mass is 35.5. The van der Waals surface area contributed by atoms with E-state index in [0.29, 0.717) is 42.5 Å². The topological polar surface area (TPSA) is 61.8 Å². The second kappa shape index (κ2) is 8.83. The van der Waals surface area contributed by atoms with Crippen molar-refractivity contribution in [1.29, 1.82) is 0 Å². The molecule has 1 amide bonds. The molecule has 0 spiro atoms. The number of hydrogen-bond acceptors (Lipinski definition) is 4. The molecule has 1 aliphatic rings. The van der Waals surface area contributed by atoms with Crippen molar-refractivity contribution >= 4 is 35.0 Å². The molecule has 1 saturated heterocycles. The number of rotatable bonds is 5. The summed E-state index contributed by atoms with van der Waals surface area (Å²) in [5, 5.41) is 14.9. The van der Waals surface area contributed by atoms with Gasteiger partial charge >= 0.3 is 6.09 Å². The van der Waals surface area contributed by atoms with Crippen molar-refractivity contribution in [3.63, 3.8) is 0 Å². The van der Waals surface area contributed by atoms with Gasteiger partial charge in [-0.2, -0.15) is 0 Å². The van der Waals surface area contributed by atoms with Gasteiger partial charge < -0.3 is 20.1 Å². The monoisotopic (exact) mass is 408 g/mol. The van der Waals surface area contributed by atoms with Crippen molar-refractivity contribution in [3.05, 3.63) is 64.1 Å². The maximum atomic E-state index is 12.2. The Kier molecular flexibility index (Phi) is 6.47. The largest absolute Gasteiger partial charge is 0.445 e. The molecule has 3 rings (SSSR count). The Morgan fingerprint density at radius 1 is 1.11 bits per heavy atom. The fourth-order valence-electron chi connectivity index (χ4n) is 2.97. The molecule has 2 aromatic rings. The van der Waals surface area contributed by atoms with Crippen LogP contribution in [0.2, 0.25) is 10.0 Å². The van der Waals surface area contributed by atoms with Crippen LogP contribution in [0.5, 0.6) is 0 Å². The number of carbonyl (C=O) groups excluding carboxylic acids is 1. The first-order chi connectivity index (χ1) is 13.0. The molecule has 0 unspecified atom stereocenters. The summed E-state index contributed by atoms with van der Waals surface area (Å²) in [6.45, 7) is 1.53. The Balaban J connectivity index is 1.45. The number of halogens is 2. The van der Waals surface area contributed by atoms with E-state index in [1.807, 2.05) is 36.4 Å². The van der Waals surface area contributed by atoms with Gasteiger partial charge in [-0.1, -0.05) is 53.5 Å². The third kappa shape index (κ3) is 5.51. The van der Waals surface area contributed by atoms with Gasteiger partial charge in [0.15, 0.2) is 0 Å². The predicted octanol–water partition coefficient (Wildman–Crippen LogP) is 4.57. The summed E-state index contributed by atoms with van der Waals surface area (Å²) < 4.78 is 5.35. The van der Waals surface area contributed by atoms with E-state index in [-0.39, 0.29) is 12.7 Å². The molecule has 2 aromatic carbocycles. The van der Waals surface area contributed by atoms with E-state index >= 15 is 0 Å². The lowest BCUT2D eigenvalue weighted by atomic mass is 9.91. The maximum Gasteiger partial charge on any atom is 0.410 e. The van der Waals surface area contributed by atoms with Crippen molar-refractivity contribution < 1.29 is 14.6 Å². The standard InChI is InChI=1S/C20H22Cl2N2O3/c21-17-7-6-16(12-18(17)22)23-14-20(26)8-10-24(11-9-20)19(25)27-13-15-4-2-1-3-5-15/h1-7,12,23,26H,8-11,13-14H2. The second-order valence-electron chi connectivity index (χ2n) is 6.73. The molecule has 1 heterocycles. The van der Waals surface area contributed by atoms with Crippen LogP contribution in [0, 0.1) is 0 Å². The van der Waals surface area contributed by atoms with E-state index in [2.05, 4.69) is 5.32 Å². The van der Waals surface area contributed by atoms with Crippen LogP contribution in [0.25, 0.3) is 0 Å². The molecule has 0 radical (unpaired) electrons. The zero-order valence-electron chi connectivity index (χ0n) is 14.8. The first-order valence-electron chi connectivity index (χ1n) is 8.82. The average Bonchev–Trinajstić information content (AvgIpc) is 2.68. The molecule has 144 valence electrons. The van der Waals surface area contributed by atoms with E-state index in [9.17, 15) is 9.90 Å². The number of hydrogen-bond donors (Lipinski definition) is 2. The number of nitrogens with one attached hydrogen (secondary N) is 1. The van der Waals surface area contributed by atoms with Gasteiger partial charge in [0.1, 0.15) is 6.61 Å². The quantitative estimate of drug-likeness (QED) is 0.760. The zero-order valence-corrected chi connectivity index (χ0v) is 16.3. The maximum absolute atomic E-state index is 12.2. The molecule has 1 aliphatic heterocycles. The lowest BCUT2D eigenvalue weighted by Gasteiger charge is -2.37. The molecule has 0 atom stereocenters. The van der Waals surface area contributed by atoms with Crippen LogP contribution < -0.4 is 5.32 Å². The summed E-state index contributed by atoms with van der Waals surface area (Å²) in [7, 11) is 0. The number of ether oxygens (including phenoxy) is 1. The third-order valence-electron chi connectivity index (χ3n) is 4.70. The highest BCUT2D eigenvalue weighted by Crippen LogP contribution is 2.27. The summed E-state index contributed by atoms with van der Waals surface area (Å²) in [4.78, 5) is 13.8. The van der Waals surface area contributed by atoms with Gasteiger partial charge in [0.2, 0.25) is 0 Å². The fourth-order valence-corrected chi connectivity index (χ4v) is 3.26. The van der Waals surface area contributed by atoms with Gasteiger partial charge in [-0.3, -0.25) is 0 Å². The molecule has 0 aromatic heterocycles. The van der Waals surface area contributed by atoms with E-state index in [1.165, 1.54) is 0 Å². The van der Waals surface area contributed by atoms with Crippen LogP contribution in [-0.2, 0) is 11.3 Å². The van der Waals surface area contributed by atoms with Gasteiger partial charge in [0, 0.05) is 25.3 Å². The molecule has 2 N–H and O–H groups in total. The number of likely N-dealkylation sites (tertiary alicyclic amines) is 1. The SMILES string of the molecule is O=C(OCc1ccccc1)N1CCC(O)(CNc2ccc(Cl)c(Cl)c2)CC1. The number of amides is 1. The first-order valence-corrected chi connectivity index (χ1v) is 9.58. The van der Waals surface area contributed by atoms with Crippen LogP contribution >= 0.6 is 23.2 Å². The average molecular weight is 409 g/mol. The van der Waals surface area contributed by atoms with Gasteiger partial charge in [0.05, 0.1) is 15.6 Å². The van der Waals surface area contributed by atoms with Crippen LogP contribution in [-0.4, -0.2) is 41.3 Å². The molecule has 7 heteroatoms. The van der Waals surface area contributed by atoms with E-state index < -0.39 is 5.60 Å². The van der Waals surface area contributed by atoms with Gasteiger partial charge in [-0.05, 0) is 36.6 Å². The summed E-state index contributed by atoms with van der Waals surface area (Å²) in [6, 6.07) is 14.8. The number of anilines is 1. The van der Waals surface area contributed by atoms with Crippen LogP contribution in [0.15, 0.2) is 48.5 Å². The number of piperidine rings is 1. The Hall–Kier alpha value is -1.95. The molecule has 0 saturated carbocycles. The van der Waals surface area contributed by atoms with Crippen LogP contribution in [0.1, 0.15) is 18.4 Å². The van der Waals surface area contributed by atoms with Crippen molar-refractivity contribution in [2.45, 2.75) is 25.0 Å². The van der Waals surface area contributed by atoms with Crippen molar-refractivity contribution in [2.24, 2.45) is 0 Å². The number of aliphatic hydroxyl groups is 1. The third-order valence-corrected chi connectivity index (χ3v) is 5.44. The Morgan fingerprint density at radius 2 is 1.81 bits per heavy atom. The predicted molar refractivity (Wildman–Crippen MR) is 107 cm³/mol. The van der Waals surface area contributed by atoms with Crippen molar-refractivity contribution in [1.82, 2.24) is 4.90 Å². The highest BCUT2D eigenvalue weighted by molar-refractivity contribution is 6.42. The summed E-state index contributed by atoms with van der Waals surface area (Å²) in [6.07, 6.45) is 0.599. The molecule has 5 nitrogen and oxygen atoms in total. The molecule has 0 aliphatic carbocycles. The Bertz CT molecular complexity index is 778. The zero-order chi connectivity index (χ0) is 19.3. The normalized spacial score (nSPS) is 16.0. The first kappa shape index (κ1) is 19.8. The highest BCUT2D eigenvalue weighted by Gasteiger charge is 2.34. The Labute approximate surface area is 168 Å². The van der Waals surface area contributed by atoms with E-state index in [1.54, 1.807) is 17.0 Å². The summed E-state index contributed by atoms with van der Waals surface area (Å²) in [5.74, 6) is 0. The number of benzene rings is 2. The van der Waals surface area contributed by atoms with Crippen LogP contribution in [0.3, 0.4) is 0 Å². The second-order valence-corrected chi connectivity index (χ2v) is 7.55. The summed E-state index contributed by atoms with van der Waals surface area (Å²) in [5.41, 5.74) is 0.857. The lowest BCUT2D eigenvalue weighted by molar-refractivity contribution is -0.0110. The smallest absolute Gasteiger partial charge is 0.410 e. The van der Waals surface area contributed by atoms with Gasteiger partial charge in [-0.15, -0.1) is 0 Å². The summed E-state index contributed by atoms with van der Waals surface area (Å²) >= 11 is 11.9. The fraction of sp³-hybridized carbons (Fsp3) is 0.350. The van der Waals surface area contributed by atoms with Gasteiger partial charge in [0.25, 0.3) is 0 Å². The van der Waals surface area contributed by atoms with E-state index in [0.717, 1.165) is 11.3 Å². The van der Waals surface area contributed by atoms with E-state index in [4.69, 9.17) is 27.9 Å². The molecular weight excluding hydrogens is 387 g/mol. The van der Waals surface area contributed by atoms with Crippen molar-refractivity contribution in [3.8, 4) is 0 Å². The minimum atomic E-state index is -0.887. The lowest BCUT2D eigenvalue weighted by Crippen LogP contribution is -2.50. The Morgan fingerprint density at radius 3 is 2.48 bits per heavy atom. The number of carbonyl (C=O) groups is 1.